The van der Waals surface area contributed by atoms with Gasteiger partial charge in [0.2, 0.25) is 11.8 Å². The first-order chi connectivity index (χ1) is 34.3. The van der Waals surface area contributed by atoms with Crippen LogP contribution in [0.3, 0.4) is 0 Å². The third-order valence-electron chi connectivity index (χ3n) is 15.0. The molecule has 4 amide bonds. The van der Waals surface area contributed by atoms with Crippen molar-refractivity contribution in [2.45, 2.75) is 100 Å². The third-order valence-corrected chi connectivity index (χ3v) is 15.0. The van der Waals surface area contributed by atoms with E-state index in [1.165, 1.54) is 4.90 Å². The summed E-state index contributed by atoms with van der Waals surface area (Å²) in [6.45, 7) is 2.43. The Bertz CT molecular complexity index is 2820. The van der Waals surface area contributed by atoms with Crippen LogP contribution in [0.4, 0.5) is 10.5 Å². The topological polar surface area (TPSA) is 129 Å². The molecule has 358 valence electrons. The van der Waals surface area contributed by atoms with Crippen LogP contribution in [-0.4, -0.2) is 71.1 Å². The number of ether oxygens (including phenoxy) is 2. The number of benzene rings is 5. The number of allylic oxidation sites excluding steroid dienone is 2. The van der Waals surface area contributed by atoms with E-state index >= 15 is 19.2 Å². The van der Waals surface area contributed by atoms with E-state index in [1.54, 1.807) is 12.1 Å². The number of urea groups is 1. The molecule has 0 aromatic heterocycles. The molecule has 7 atom stereocenters. The number of cyclic esters (lactones) is 1. The third kappa shape index (κ3) is 8.58. The van der Waals surface area contributed by atoms with Gasteiger partial charge in [-0.2, -0.15) is 0 Å². The Labute approximate surface area is 410 Å². The van der Waals surface area contributed by atoms with Crippen molar-refractivity contribution in [1.82, 2.24) is 15.1 Å². The molecule has 10 rings (SSSR count). The number of fused-ring (bicyclic) bond motifs is 3. The quantitative estimate of drug-likeness (QED) is 0.111. The number of aliphatic hydroxyl groups is 1. The van der Waals surface area contributed by atoms with Gasteiger partial charge in [0.05, 0.1) is 36.3 Å². The highest BCUT2D eigenvalue weighted by Crippen LogP contribution is 2.67. The zero-order chi connectivity index (χ0) is 48.2. The van der Waals surface area contributed by atoms with Crippen LogP contribution in [0.15, 0.2) is 145 Å². The Hall–Kier alpha value is -7.00. The normalized spacial score (nSPS) is 24.8. The number of rotatable bonds is 9. The maximum atomic E-state index is 16.9. The zero-order valence-electron chi connectivity index (χ0n) is 39.7. The predicted molar refractivity (Wildman–Crippen MR) is 267 cm³/mol. The van der Waals surface area contributed by atoms with Crippen LogP contribution >= 0.6 is 0 Å². The Balaban J connectivity index is 1.28. The average molecular weight is 937 g/mol. The van der Waals surface area contributed by atoms with Crippen LogP contribution in [0.5, 0.6) is 5.75 Å². The van der Waals surface area contributed by atoms with Crippen molar-refractivity contribution in [3.8, 4) is 17.6 Å². The molecule has 0 saturated carbocycles. The largest absolute Gasteiger partial charge is 0.491 e. The van der Waals surface area contributed by atoms with Gasteiger partial charge in [0, 0.05) is 24.2 Å². The fourth-order valence-corrected chi connectivity index (χ4v) is 11.8. The van der Waals surface area contributed by atoms with Crippen LogP contribution in [0, 0.1) is 17.8 Å². The molecule has 5 aromatic carbocycles. The number of anilines is 1. The number of amides is 4. The fraction of sp³-hybridized carbons (Fsp3) is 0.356. The molecule has 70 heavy (non-hydrogen) atoms. The van der Waals surface area contributed by atoms with Crippen molar-refractivity contribution in [1.29, 1.82) is 0 Å². The van der Waals surface area contributed by atoms with Crippen molar-refractivity contribution in [2.75, 3.05) is 31.2 Å². The van der Waals surface area contributed by atoms with Crippen LogP contribution < -0.4 is 15.0 Å². The highest BCUT2D eigenvalue weighted by molar-refractivity contribution is 6.24. The van der Waals surface area contributed by atoms with Gasteiger partial charge in [-0.05, 0) is 97.5 Å². The Morgan fingerprint density at radius 1 is 0.786 bits per heavy atom. The molecule has 11 heteroatoms. The molecule has 1 aliphatic carbocycles. The molecule has 0 radical (unpaired) electrons. The lowest BCUT2D eigenvalue weighted by molar-refractivity contribution is -0.179. The maximum absolute atomic E-state index is 16.9. The second-order valence-electron chi connectivity index (χ2n) is 19.1. The minimum Gasteiger partial charge on any atom is -0.491 e. The second kappa shape index (κ2) is 20.5. The summed E-state index contributed by atoms with van der Waals surface area (Å²) in [5.74, 6) is 4.17. The van der Waals surface area contributed by atoms with Gasteiger partial charge in [-0.15, -0.1) is 0 Å². The lowest BCUT2D eigenvalue weighted by Gasteiger charge is -2.46. The number of morpholine rings is 1. The van der Waals surface area contributed by atoms with Crippen LogP contribution in [0.25, 0.3) is 0 Å². The first kappa shape index (κ1) is 46.7. The summed E-state index contributed by atoms with van der Waals surface area (Å²) in [5, 5.41) is 13.3. The van der Waals surface area contributed by atoms with Gasteiger partial charge < -0.3 is 24.8 Å². The van der Waals surface area contributed by atoms with E-state index in [9.17, 15) is 5.11 Å². The van der Waals surface area contributed by atoms with Gasteiger partial charge >= 0.3 is 12.0 Å². The molecule has 7 unspecified atom stereocenters. The van der Waals surface area contributed by atoms with E-state index in [-0.39, 0.29) is 19.1 Å². The first-order valence-electron chi connectivity index (χ1n) is 25.1. The molecule has 11 nitrogen and oxygen atoms in total. The second-order valence-corrected chi connectivity index (χ2v) is 19.1. The number of carbonyl (C=O) groups excluding carboxylic acids is 4. The maximum Gasteiger partial charge on any atom is 0.329 e. The van der Waals surface area contributed by atoms with E-state index < -0.39 is 59.5 Å². The summed E-state index contributed by atoms with van der Waals surface area (Å²) in [7, 11) is 0. The highest BCUT2D eigenvalue weighted by atomic mass is 16.6. The van der Waals surface area contributed by atoms with E-state index in [2.05, 4.69) is 23.2 Å². The number of imide groups is 1. The van der Waals surface area contributed by atoms with Crippen LogP contribution in [-0.2, 0) is 24.5 Å². The summed E-state index contributed by atoms with van der Waals surface area (Å²) >= 11 is 0. The molecule has 0 bridgehead atoms. The minimum atomic E-state index is -1.95. The molecule has 3 saturated heterocycles. The highest BCUT2D eigenvalue weighted by Gasteiger charge is 2.76. The van der Waals surface area contributed by atoms with Crippen molar-refractivity contribution >= 4 is 29.5 Å². The van der Waals surface area contributed by atoms with Crippen LogP contribution in [0.2, 0.25) is 0 Å². The van der Waals surface area contributed by atoms with E-state index in [0.29, 0.717) is 41.2 Å². The summed E-state index contributed by atoms with van der Waals surface area (Å²) in [6, 6.07) is 37.4. The van der Waals surface area contributed by atoms with Gasteiger partial charge in [-0.3, -0.25) is 19.3 Å². The number of carbonyl (C=O) groups is 4. The van der Waals surface area contributed by atoms with Gasteiger partial charge in [-0.1, -0.05) is 146 Å². The number of hydrogen-bond donors (Lipinski definition) is 2. The molecule has 2 N–H and O–H groups in total. The van der Waals surface area contributed by atoms with Gasteiger partial charge in [0.25, 0.3) is 0 Å². The number of aliphatic hydroxyl groups excluding tert-OH is 1. The van der Waals surface area contributed by atoms with Crippen molar-refractivity contribution in [3.05, 3.63) is 178 Å². The Morgan fingerprint density at radius 3 is 2.16 bits per heavy atom. The summed E-state index contributed by atoms with van der Waals surface area (Å²) < 4.78 is 13.1. The molecule has 5 aromatic rings. The summed E-state index contributed by atoms with van der Waals surface area (Å²) in [4.78, 5) is 69.4. The van der Waals surface area contributed by atoms with E-state index in [1.807, 2.05) is 138 Å². The number of nitrogens with zero attached hydrogens (tertiary/aromatic N) is 3. The average Bonchev–Trinajstić information content (AvgIpc) is 3.84. The minimum absolute atomic E-state index is 0.0564. The zero-order valence-corrected chi connectivity index (χ0v) is 39.7. The van der Waals surface area contributed by atoms with Crippen molar-refractivity contribution < 1.29 is 33.8 Å². The molecular formula is C59H60N4O7. The summed E-state index contributed by atoms with van der Waals surface area (Å²) in [6.07, 6.45) is 9.76. The van der Waals surface area contributed by atoms with E-state index in [0.717, 1.165) is 80.1 Å². The lowest BCUT2D eigenvalue weighted by atomic mass is 9.64. The standard InChI is InChI=1S/C59H60N4O7/c1-40(43-23-11-6-12-24-43)60-58(68)62-48-34-33-42(32-31-41-21-9-5-10-22-41)39-47(48)59(57(62)67)50(55(65)61-35-19-3-2-4-20-36-61)52-56(66)70-53(45-27-15-8-16-28-45)51(44-25-13-7-14-26-44)63(52)54(59)46-29-17-18-30-49(46)69-38-37-64/h6-8,11-18,21,23-30,33-34,39-40,50-54,64H,2-5,9-10,19-20,22,35-38H2,1H3,(H,60,68). The number of hydrogen-bond acceptors (Lipinski definition) is 8. The molecule has 3 fully saturated rings. The monoisotopic (exact) mass is 936 g/mol. The van der Waals surface area contributed by atoms with Gasteiger partial charge in [0.15, 0.2) is 0 Å². The van der Waals surface area contributed by atoms with E-state index in [4.69, 9.17) is 9.47 Å². The lowest BCUT2D eigenvalue weighted by Crippen LogP contribution is -2.57. The van der Waals surface area contributed by atoms with Gasteiger partial charge in [0.1, 0.15) is 29.9 Å². The number of esters is 1. The predicted octanol–water partition coefficient (Wildman–Crippen LogP) is 9.84. The van der Waals surface area contributed by atoms with Crippen LogP contribution in [0.1, 0.15) is 122 Å². The van der Waals surface area contributed by atoms with Crippen molar-refractivity contribution in [3.63, 3.8) is 0 Å². The summed E-state index contributed by atoms with van der Waals surface area (Å²) in [5.41, 5.74) is 3.33. The molecule has 4 heterocycles. The molecule has 1 spiro atoms. The Kier molecular flexibility index (Phi) is 13.7. The molecule has 5 aliphatic rings. The fourth-order valence-electron chi connectivity index (χ4n) is 11.8. The van der Waals surface area contributed by atoms with Crippen molar-refractivity contribution in [2.24, 2.45) is 5.92 Å². The van der Waals surface area contributed by atoms with Gasteiger partial charge in [-0.25, -0.2) is 9.69 Å². The number of para-hydroxylation sites is 1. The smallest absolute Gasteiger partial charge is 0.329 e. The number of likely N-dealkylation sites (tertiary alicyclic amines) is 1. The SMILES string of the molecule is CC(NC(=O)N1C(=O)C2(c3cc(C#CC4=CCCCC4)ccc31)C(C(=O)N1CCCCCCC1)C1C(=O)OC(c3ccccc3)C(c3ccccc3)N1C2c1ccccc1OCCO)c1ccccc1. The number of nitrogens with one attached hydrogen (secondary N) is 1. The first-order valence-corrected chi connectivity index (χ1v) is 25.1. The molecule has 4 aliphatic heterocycles. The molecular weight excluding hydrogens is 877 g/mol. The Morgan fingerprint density at radius 2 is 1.46 bits per heavy atom.